The Morgan fingerprint density at radius 1 is 1.24 bits per heavy atom. The highest BCUT2D eigenvalue weighted by molar-refractivity contribution is 9.13. The maximum Gasteiger partial charge on any atom is 0.0594 e. The average molecular weight is 364 g/mol. The number of nitrogens with zero attached hydrogens (tertiary/aromatic N) is 1. The van der Waals surface area contributed by atoms with Crippen LogP contribution in [0.2, 0.25) is 0 Å². The first kappa shape index (κ1) is 13.5. The van der Waals surface area contributed by atoms with Crippen molar-refractivity contribution in [3.63, 3.8) is 0 Å². The lowest BCUT2D eigenvalue weighted by atomic mass is 10.1. The van der Waals surface area contributed by atoms with E-state index in [0.717, 1.165) is 35.2 Å². The molecule has 0 aliphatic carbocycles. The van der Waals surface area contributed by atoms with Crippen LogP contribution < -0.4 is 5.73 Å². The fraction of sp³-hybridized carbons (Fsp3) is 0.500. The number of hydrogen-bond donors (Lipinski definition) is 1. The first-order chi connectivity index (χ1) is 8.22. The Balaban J connectivity index is 2.18. The summed E-state index contributed by atoms with van der Waals surface area (Å²) >= 11 is 7.02. The van der Waals surface area contributed by atoms with Crippen molar-refractivity contribution < 1.29 is 4.74 Å². The van der Waals surface area contributed by atoms with Crippen LogP contribution in [0.5, 0.6) is 0 Å². The second kappa shape index (κ2) is 6.29. The number of nitrogens with two attached hydrogens (primary N) is 1. The lowest BCUT2D eigenvalue weighted by Crippen LogP contribution is -2.41. The molecule has 1 atom stereocenters. The molecule has 1 aromatic carbocycles. The Morgan fingerprint density at radius 3 is 2.53 bits per heavy atom. The van der Waals surface area contributed by atoms with Crippen molar-refractivity contribution >= 4 is 31.9 Å². The zero-order chi connectivity index (χ0) is 12.3. The summed E-state index contributed by atoms with van der Waals surface area (Å²) < 4.78 is 7.51. The van der Waals surface area contributed by atoms with Crippen molar-refractivity contribution in [2.24, 2.45) is 5.73 Å². The molecule has 0 saturated carbocycles. The van der Waals surface area contributed by atoms with E-state index in [1.54, 1.807) is 0 Å². The second-order valence-electron chi connectivity index (χ2n) is 4.07. The molecule has 1 aliphatic rings. The van der Waals surface area contributed by atoms with E-state index in [9.17, 15) is 0 Å². The summed E-state index contributed by atoms with van der Waals surface area (Å²) in [4.78, 5) is 2.39. The Hall–Kier alpha value is 0.0600. The molecule has 5 heteroatoms. The maximum absolute atomic E-state index is 5.91. The summed E-state index contributed by atoms with van der Waals surface area (Å²) in [5.41, 5.74) is 7.17. The van der Waals surface area contributed by atoms with Crippen molar-refractivity contribution in [3.8, 4) is 0 Å². The molecule has 1 aromatic rings. The average Bonchev–Trinajstić information content (AvgIpc) is 2.36. The number of hydrogen-bond acceptors (Lipinski definition) is 3. The van der Waals surface area contributed by atoms with Crippen LogP contribution >= 0.6 is 31.9 Å². The molecular weight excluding hydrogens is 348 g/mol. The van der Waals surface area contributed by atoms with Gasteiger partial charge < -0.3 is 10.5 Å². The maximum atomic E-state index is 5.91. The van der Waals surface area contributed by atoms with Gasteiger partial charge in [0.15, 0.2) is 0 Å². The lowest BCUT2D eigenvalue weighted by Gasteiger charge is -2.34. The first-order valence-corrected chi connectivity index (χ1v) is 7.28. The van der Waals surface area contributed by atoms with Gasteiger partial charge in [0.2, 0.25) is 0 Å². The van der Waals surface area contributed by atoms with Crippen molar-refractivity contribution in [1.82, 2.24) is 4.90 Å². The minimum Gasteiger partial charge on any atom is -0.379 e. The molecule has 1 heterocycles. The molecule has 0 amide bonds. The standard InChI is InChI=1S/C12H16Br2N2O/c13-10-2-1-9(7-11(10)14)12(8-15)16-3-5-17-6-4-16/h1-2,7,12H,3-6,8,15H2. The van der Waals surface area contributed by atoms with Crippen molar-refractivity contribution in [2.45, 2.75) is 6.04 Å². The molecule has 0 radical (unpaired) electrons. The predicted octanol–water partition coefficient (Wildman–Crippen LogP) is 2.54. The van der Waals surface area contributed by atoms with Gasteiger partial charge in [-0.25, -0.2) is 0 Å². The molecule has 0 bridgehead atoms. The Labute approximate surface area is 119 Å². The Morgan fingerprint density at radius 2 is 1.94 bits per heavy atom. The molecule has 1 saturated heterocycles. The molecule has 1 aliphatic heterocycles. The van der Waals surface area contributed by atoms with Crippen LogP contribution in [-0.4, -0.2) is 37.7 Å². The van der Waals surface area contributed by atoms with Gasteiger partial charge in [-0.3, -0.25) is 4.90 Å². The highest BCUT2D eigenvalue weighted by Crippen LogP contribution is 2.28. The lowest BCUT2D eigenvalue weighted by molar-refractivity contribution is 0.0179. The molecule has 2 rings (SSSR count). The Kier molecular flexibility index (Phi) is 4.99. The highest BCUT2D eigenvalue weighted by Gasteiger charge is 2.21. The monoisotopic (exact) mass is 362 g/mol. The van der Waals surface area contributed by atoms with Crippen LogP contribution in [0.25, 0.3) is 0 Å². The largest absolute Gasteiger partial charge is 0.379 e. The van der Waals surface area contributed by atoms with E-state index in [4.69, 9.17) is 10.5 Å². The fourth-order valence-electron chi connectivity index (χ4n) is 2.10. The van der Waals surface area contributed by atoms with E-state index < -0.39 is 0 Å². The molecule has 17 heavy (non-hydrogen) atoms. The number of morpholine rings is 1. The van der Waals surface area contributed by atoms with Crippen LogP contribution in [-0.2, 0) is 4.74 Å². The second-order valence-corrected chi connectivity index (χ2v) is 5.78. The molecule has 2 N–H and O–H groups in total. The third-order valence-electron chi connectivity index (χ3n) is 3.04. The normalized spacial score (nSPS) is 19.2. The van der Waals surface area contributed by atoms with Gasteiger partial charge in [0.1, 0.15) is 0 Å². The van der Waals surface area contributed by atoms with E-state index in [1.807, 2.05) is 0 Å². The number of rotatable bonds is 3. The van der Waals surface area contributed by atoms with Gasteiger partial charge >= 0.3 is 0 Å². The quantitative estimate of drug-likeness (QED) is 0.896. The van der Waals surface area contributed by atoms with E-state index in [1.165, 1.54) is 5.56 Å². The number of halogens is 2. The summed E-state index contributed by atoms with van der Waals surface area (Å²) in [5.74, 6) is 0. The van der Waals surface area contributed by atoms with Gasteiger partial charge in [-0.15, -0.1) is 0 Å². The minimum atomic E-state index is 0.281. The van der Waals surface area contributed by atoms with Gasteiger partial charge in [0.05, 0.1) is 13.2 Å². The smallest absolute Gasteiger partial charge is 0.0594 e. The van der Waals surface area contributed by atoms with Crippen LogP contribution in [0.4, 0.5) is 0 Å². The SMILES string of the molecule is NCC(c1ccc(Br)c(Br)c1)N1CCOCC1. The zero-order valence-electron chi connectivity index (χ0n) is 9.53. The molecule has 1 unspecified atom stereocenters. The van der Waals surface area contributed by atoms with E-state index in [-0.39, 0.29) is 6.04 Å². The molecule has 0 aromatic heterocycles. The van der Waals surface area contributed by atoms with Crippen LogP contribution in [0, 0.1) is 0 Å². The molecule has 94 valence electrons. The number of benzene rings is 1. The summed E-state index contributed by atoms with van der Waals surface area (Å²) in [5, 5.41) is 0. The van der Waals surface area contributed by atoms with Crippen molar-refractivity contribution in [1.29, 1.82) is 0 Å². The zero-order valence-corrected chi connectivity index (χ0v) is 12.7. The van der Waals surface area contributed by atoms with Gasteiger partial charge in [-0.1, -0.05) is 6.07 Å². The van der Waals surface area contributed by atoms with Gasteiger partial charge in [0, 0.05) is 34.6 Å². The van der Waals surface area contributed by atoms with Gasteiger partial charge in [-0.05, 0) is 49.6 Å². The molecule has 1 fully saturated rings. The van der Waals surface area contributed by atoms with E-state index >= 15 is 0 Å². The molecular formula is C12H16Br2N2O. The van der Waals surface area contributed by atoms with E-state index in [2.05, 4.69) is 55.0 Å². The van der Waals surface area contributed by atoms with Crippen LogP contribution in [0.15, 0.2) is 27.1 Å². The summed E-state index contributed by atoms with van der Waals surface area (Å²) in [6, 6.07) is 6.60. The molecule has 0 spiro atoms. The highest BCUT2D eigenvalue weighted by atomic mass is 79.9. The fourth-order valence-corrected chi connectivity index (χ4v) is 2.75. The Bertz CT molecular complexity index is 381. The summed E-state index contributed by atoms with van der Waals surface area (Å²) in [6.45, 7) is 4.14. The minimum absolute atomic E-state index is 0.281. The number of ether oxygens (including phenoxy) is 1. The first-order valence-electron chi connectivity index (χ1n) is 5.69. The van der Waals surface area contributed by atoms with Gasteiger partial charge in [-0.2, -0.15) is 0 Å². The summed E-state index contributed by atoms with van der Waals surface area (Å²) in [6.07, 6.45) is 0. The summed E-state index contributed by atoms with van der Waals surface area (Å²) in [7, 11) is 0. The third-order valence-corrected chi connectivity index (χ3v) is 4.92. The van der Waals surface area contributed by atoms with Crippen molar-refractivity contribution in [2.75, 3.05) is 32.8 Å². The van der Waals surface area contributed by atoms with Crippen molar-refractivity contribution in [3.05, 3.63) is 32.7 Å². The molecule has 3 nitrogen and oxygen atoms in total. The predicted molar refractivity (Wildman–Crippen MR) is 76.0 cm³/mol. The van der Waals surface area contributed by atoms with Gasteiger partial charge in [0.25, 0.3) is 0 Å². The van der Waals surface area contributed by atoms with Crippen LogP contribution in [0.3, 0.4) is 0 Å². The third kappa shape index (κ3) is 3.29. The topological polar surface area (TPSA) is 38.5 Å². The van der Waals surface area contributed by atoms with Crippen LogP contribution in [0.1, 0.15) is 11.6 Å². The van der Waals surface area contributed by atoms with E-state index in [0.29, 0.717) is 6.54 Å².